The van der Waals surface area contributed by atoms with Crippen LogP contribution in [0.2, 0.25) is 0 Å². The summed E-state index contributed by atoms with van der Waals surface area (Å²) in [5.41, 5.74) is 2.65. The van der Waals surface area contributed by atoms with Crippen molar-refractivity contribution in [2.24, 2.45) is 0 Å². The molecule has 2 heterocycles. The van der Waals surface area contributed by atoms with Crippen LogP contribution in [0.5, 0.6) is 5.75 Å². The van der Waals surface area contributed by atoms with Crippen LogP contribution < -0.4 is 14.8 Å². The van der Waals surface area contributed by atoms with Gasteiger partial charge in [0.15, 0.2) is 5.82 Å². The van der Waals surface area contributed by atoms with Crippen molar-refractivity contribution in [2.45, 2.75) is 13.8 Å². The highest BCUT2D eigenvalue weighted by atomic mass is 32.1. The molecule has 0 amide bonds. The standard InChI is InChI=1S/C20H15N3O3S/c1-12-3-7-15(8-4-12)18-21-20-23(22-18)19(25)17(27-20)11-14-5-9-16(10-6-14)26-13(2)24/h3-11H,1-2H3. The van der Waals surface area contributed by atoms with Crippen molar-refractivity contribution in [3.05, 3.63) is 74.5 Å². The summed E-state index contributed by atoms with van der Waals surface area (Å²) in [4.78, 5) is 28.6. The van der Waals surface area contributed by atoms with Crippen molar-refractivity contribution in [1.29, 1.82) is 0 Å². The number of esters is 1. The lowest BCUT2D eigenvalue weighted by atomic mass is 10.1. The Balaban J connectivity index is 1.69. The molecular weight excluding hydrogens is 362 g/mol. The third-order valence-corrected chi connectivity index (χ3v) is 4.89. The van der Waals surface area contributed by atoms with Gasteiger partial charge in [0.05, 0.1) is 4.53 Å². The number of ether oxygens (including phenoxy) is 1. The smallest absolute Gasteiger partial charge is 0.308 e. The van der Waals surface area contributed by atoms with Crippen molar-refractivity contribution in [2.75, 3.05) is 0 Å². The van der Waals surface area contributed by atoms with Gasteiger partial charge in [-0.2, -0.15) is 9.50 Å². The van der Waals surface area contributed by atoms with E-state index < -0.39 is 0 Å². The lowest BCUT2D eigenvalue weighted by Crippen LogP contribution is -2.23. The lowest BCUT2D eigenvalue weighted by Gasteiger charge is -2.00. The average molecular weight is 377 g/mol. The van der Waals surface area contributed by atoms with Crippen LogP contribution in [0.4, 0.5) is 0 Å². The number of aryl methyl sites for hydroxylation is 1. The Morgan fingerprint density at radius 1 is 1.11 bits per heavy atom. The second-order valence-corrected chi connectivity index (χ2v) is 7.08. The average Bonchev–Trinajstić information content (AvgIpc) is 3.17. The number of carbonyl (C=O) groups is 1. The highest BCUT2D eigenvalue weighted by Crippen LogP contribution is 2.17. The second kappa shape index (κ2) is 6.77. The normalized spacial score (nSPS) is 11.9. The number of hydrogen-bond acceptors (Lipinski definition) is 6. The molecule has 0 radical (unpaired) electrons. The SMILES string of the molecule is CC(=O)Oc1ccc(C=c2sc3nc(-c4ccc(C)cc4)nn3c2=O)cc1. The summed E-state index contributed by atoms with van der Waals surface area (Å²) in [7, 11) is 0. The van der Waals surface area contributed by atoms with Crippen LogP contribution >= 0.6 is 11.3 Å². The number of fused-ring (bicyclic) bond motifs is 1. The third kappa shape index (κ3) is 3.50. The van der Waals surface area contributed by atoms with Gasteiger partial charge < -0.3 is 4.74 Å². The maximum absolute atomic E-state index is 12.6. The molecule has 27 heavy (non-hydrogen) atoms. The fourth-order valence-electron chi connectivity index (χ4n) is 2.61. The summed E-state index contributed by atoms with van der Waals surface area (Å²) >= 11 is 1.29. The fourth-order valence-corrected chi connectivity index (χ4v) is 3.52. The molecule has 0 saturated heterocycles. The molecule has 4 aromatic rings. The van der Waals surface area contributed by atoms with Gasteiger partial charge in [-0.05, 0) is 30.7 Å². The van der Waals surface area contributed by atoms with Crippen LogP contribution in [0.15, 0.2) is 53.3 Å². The van der Waals surface area contributed by atoms with Gasteiger partial charge in [0.25, 0.3) is 5.56 Å². The summed E-state index contributed by atoms with van der Waals surface area (Å²) in [6, 6.07) is 14.8. The summed E-state index contributed by atoms with van der Waals surface area (Å²) in [5.74, 6) is 0.631. The van der Waals surface area contributed by atoms with Crippen molar-refractivity contribution in [1.82, 2.24) is 14.6 Å². The Labute approximate surface area is 158 Å². The summed E-state index contributed by atoms with van der Waals surface area (Å²) < 4.78 is 6.88. The molecule has 134 valence electrons. The third-order valence-electron chi connectivity index (χ3n) is 3.93. The van der Waals surface area contributed by atoms with E-state index in [-0.39, 0.29) is 11.5 Å². The van der Waals surface area contributed by atoms with Crippen molar-refractivity contribution >= 4 is 28.3 Å². The summed E-state index contributed by atoms with van der Waals surface area (Å²) in [6.07, 6.45) is 1.77. The molecule has 0 aliphatic heterocycles. The molecule has 0 aliphatic rings. The molecule has 2 aromatic heterocycles. The van der Waals surface area contributed by atoms with Gasteiger partial charge in [0, 0.05) is 12.5 Å². The first-order chi connectivity index (χ1) is 13.0. The predicted molar refractivity (Wildman–Crippen MR) is 104 cm³/mol. The maximum atomic E-state index is 12.6. The van der Waals surface area contributed by atoms with Crippen LogP contribution in [-0.2, 0) is 4.79 Å². The Morgan fingerprint density at radius 3 is 2.44 bits per heavy atom. The molecule has 0 N–H and O–H groups in total. The van der Waals surface area contributed by atoms with E-state index in [0.29, 0.717) is 21.1 Å². The van der Waals surface area contributed by atoms with Gasteiger partial charge in [-0.1, -0.05) is 53.3 Å². The van der Waals surface area contributed by atoms with Gasteiger partial charge in [-0.15, -0.1) is 5.10 Å². The van der Waals surface area contributed by atoms with E-state index in [9.17, 15) is 9.59 Å². The zero-order valence-corrected chi connectivity index (χ0v) is 15.5. The molecule has 0 saturated carbocycles. The Hall–Kier alpha value is -3.32. The molecule has 0 atom stereocenters. The molecule has 4 rings (SSSR count). The number of hydrogen-bond donors (Lipinski definition) is 0. The van der Waals surface area contributed by atoms with E-state index in [2.05, 4.69) is 10.1 Å². The van der Waals surface area contributed by atoms with Crippen LogP contribution in [0.25, 0.3) is 22.4 Å². The van der Waals surface area contributed by atoms with Gasteiger partial charge in [0.2, 0.25) is 4.96 Å². The first-order valence-corrected chi connectivity index (χ1v) is 9.08. The summed E-state index contributed by atoms with van der Waals surface area (Å²) in [6.45, 7) is 3.36. The molecule has 2 aromatic carbocycles. The monoisotopic (exact) mass is 377 g/mol. The molecule has 0 aliphatic carbocycles. The van der Waals surface area contributed by atoms with Crippen LogP contribution in [0, 0.1) is 6.92 Å². The highest BCUT2D eigenvalue weighted by molar-refractivity contribution is 7.15. The highest BCUT2D eigenvalue weighted by Gasteiger charge is 2.11. The van der Waals surface area contributed by atoms with E-state index in [0.717, 1.165) is 16.7 Å². The van der Waals surface area contributed by atoms with Crippen LogP contribution in [0.3, 0.4) is 0 Å². The Morgan fingerprint density at radius 2 is 1.81 bits per heavy atom. The van der Waals surface area contributed by atoms with Gasteiger partial charge >= 0.3 is 5.97 Å². The van der Waals surface area contributed by atoms with Crippen molar-refractivity contribution < 1.29 is 9.53 Å². The molecule has 0 unspecified atom stereocenters. The number of benzene rings is 2. The number of carbonyl (C=O) groups excluding carboxylic acids is 1. The van der Waals surface area contributed by atoms with Crippen LogP contribution in [0.1, 0.15) is 18.1 Å². The number of thiazole rings is 1. The van der Waals surface area contributed by atoms with E-state index in [1.807, 2.05) is 31.2 Å². The zero-order valence-electron chi connectivity index (χ0n) is 14.7. The second-order valence-electron chi connectivity index (χ2n) is 6.07. The van der Waals surface area contributed by atoms with Gasteiger partial charge in [0.1, 0.15) is 5.75 Å². The minimum absolute atomic E-state index is 0.204. The minimum atomic E-state index is -0.372. The molecule has 6 nitrogen and oxygen atoms in total. The lowest BCUT2D eigenvalue weighted by molar-refractivity contribution is -0.131. The quantitative estimate of drug-likeness (QED) is 0.405. The Bertz CT molecular complexity index is 1240. The fraction of sp³-hybridized carbons (Fsp3) is 0.100. The van der Waals surface area contributed by atoms with Gasteiger partial charge in [-0.25, -0.2) is 0 Å². The van der Waals surface area contributed by atoms with E-state index in [1.54, 1.807) is 30.3 Å². The maximum Gasteiger partial charge on any atom is 0.308 e. The molecule has 7 heteroatoms. The predicted octanol–water partition coefficient (Wildman–Crippen LogP) is 2.60. The van der Waals surface area contributed by atoms with Crippen molar-refractivity contribution in [3.63, 3.8) is 0 Å². The zero-order chi connectivity index (χ0) is 19.0. The molecule has 0 fully saturated rings. The molecular formula is C20H15N3O3S. The number of rotatable bonds is 3. The minimum Gasteiger partial charge on any atom is -0.427 e. The Kier molecular flexibility index (Phi) is 4.29. The van der Waals surface area contributed by atoms with Gasteiger partial charge in [-0.3, -0.25) is 9.59 Å². The van der Waals surface area contributed by atoms with E-state index >= 15 is 0 Å². The topological polar surface area (TPSA) is 73.6 Å². The van der Waals surface area contributed by atoms with E-state index in [4.69, 9.17) is 4.74 Å². The molecule has 0 bridgehead atoms. The van der Waals surface area contributed by atoms with Crippen LogP contribution in [-0.4, -0.2) is 20.6 Å². The molecule has 0 spiro atoms. The first kappa shape index (κ1) is 17.1. The van der Waals surface area contributed by atoms with E-state index in [1.165, 1.54) is 22.8 Å². The summed E-state index contributed by atoms with van der Waals surface area (Å²) in [5, 5.41) is 4.35. The number of aromatic nitrogens is 3. The number of nitrogens with zero attached hydrogens (tertiary/aromatic N) is 3. The largest absolute Gasteiger partial charge is 0.427 e. The first-order valence-electron chi connectivity index (χ1n) is 8.26. The van der Waals surface area contributed by atoms with Crippen molar-refractivity contribution in [3.8, 4) is 17.1 Å².